The standard InChI is InChI=1S/C21H28ClN5O4/c1-14-18(12-27-11-17(22)8-23-27)20(24-31-14)21(29)25-5-3-15(4-6-25)9-26-10-16(13-30-2)7-19(26)28/h8,11,15-16H,3-7,9-10,12-13H2,1-2H3. The summed E-state index contributed by atoms with van der Waals surface area (Å²) in [6.07, 6.45) is 5.56. The van der Waals surface area contributed by atoms with Gasteiger partial charge in [0.15, 0.2) is 5.69 Å². The van der Waals surface area contributed by atoms with Crippen LogP contribution >= 0.6 is 11.6 Å². The molecular formula is C21H28ClN5O4. The van der Waals surface area contributed by atoms with Gasteiger partial charge in [-0.3, -0.25) is 14.3 Å². The van der Waals surface area contributed by atoms with Crippen molar-refractivity contribution in [1.82, 2.24) is 24.7 Å². The van der Waals surface area contributed by atoms with Crippen LogP contribution in [0.25, 0.3) is 0 Å². The Labute approximate surface area is 186 Å². The van der Waals surface area contributed by atoms with Crippen molar-refractivity contribution in [2.45, 2.75) is 32.7 Å². The van der Waals surface area contributed by atoms with Crippen LogP contribution in [0.15, 0.2) is 16.9 Å². The Kier molecular flexibility index (Phi) is 6.62. The average Bonchev–Trinajstić information content (AvgIpc) is 3.43. The minimum absolute atomic E-state index is 0.124. The molecule has 0 radical (unpaired) electrons. The normalized spacial score (nSPS) is 20.1. The lowest BCUT2D eigenvalue weighted by Crippen LogP contribution is -2.42. The van der Waals surface area contributed by atoms with Crippen molar-refractivity contribution >= 4 is 23.4 Å². The summed E-state index contributed by atoms with van der Waals surface area (Å²) in [4.78, 5) is 29.2. The Morgan fingerprint density at radius 3 is 2.77 bits per heavy atom. The third-order valence-corrected chi connectivity index (χ3v) is 6.38. The number of nitrogens with zero attached hydrogens (tertiary/aromatic N) is 5. The molecule has 4 heterocycles. The van der Waals surface area contributed by atoms with Crippen molar-refractivity contribution in [1.29, 1.82) is 0 Å². The van der Waals surface area contributed by atoms with Gasteiger partial charge in [0, 0.05) is 57.4 Å². The van der Waals surface area contributed by atoms with Crippen molar-refractivity contribution < 1.29 is 18.8 Å². The molecule has 2 aromatic heterocycles. The molecule has 0 N–H and O–H groups in total. The van der Waals surface area contributed by atoms with Gasteiger partial charge < -0.3 is 19.1 Å². The quantitative estimate of drug-likeness (QED) is 0.643. The molecule has 2 aliphatic rings. The molecule has 1 atom stereocenters. The largest absolute Gasteiger partial charge is 0.384 e. The monoisotopic (exact) mass is 449 g/mol. The summed E-state index contributed by atoms with van der Waals surface area (Å²) in [5, 5.41) is 8.74. The molecule has 1 unspecified atom stereocenters. The van der Waals surface area contributed by atoms with Crippen molar-refractivity contribution in [3.8, 4) is 0 Å². The van der Waals surface area contributed by atoms with Crippen molar-refractivity contribution in [3.63, 3.8) is 0 Å². The first-order chi connectivity index (χ1) is 14.9. The van der Waals surface area contributed by atoms with Gasteiger partial charge in [0.25, 0.3) is 5.91 Å². The van der Waals surface area contributed by atoms with E-state index >= 15 is 0 Å². The summed E-state index contributed by atoms with van der Waals surface area (Å²) in [6, 6.07) is 0. The van der Waals surface area contributed by atoms with Gasteiger partial charge >= 0.3 is 0 Å². The highest BCUT2D eigenvalue weighted by Gasteiger charge is 2.33. The van der Waals surface area contributed by atoms with Crippen LogP contribution in [0, 0.1) is 18.8 Å². The third-order valence-electron chi connectivity index (χ3n) is 6.19. The van der Waals surface area contributed by atoms with E-state index in [0.717, 1.165) is 31.5 Å². The van der Waals surface area contributed by atoms with Crippen molar-refractivity contribution in [2.75, 3.05) is 39.9 Å². The maximum atomic E-state index is 13.1. The molecule has 0 bridgehead atoms. The molecule has 0 spiro atoms. The van der Waals surface area contributed by atoms with Crippen LogP contribution in [0.4, 0.5) is 0 Å². The minimum atomic E-state index is -0.124. The van der Waals surface area contributed by atoms with E-state index in [1.54, 1.807) is 31.1 Å². The predicted octanol–water partition coefficient (Wildman–Crippen LogP) is 2.23. The Balaban J connectivity index is 1.33. The maximum Gasteiger partial charge on any atom is 0.276 e. The Bertz CT molecular complexity index is 934. The van der Waals surface area contributed by atoms with E-state index in [0.29, 0.717) is 55.1 Å². The highest BCUT2D eigenvalue weighted by atomic mass is 35.5. The number of ether oxygens (including phenoxy) is 1. The zero-order valence-corrected chi connectivity index (χ0v) is 18.7. The van der Waals surface area contributed by atoms with E-state index < -0.39 is 0 Å². The molecule has 2 saturated heterocycles. The molecule has 9 nitrogen and oxygen atoms in total. The number of aromatic nitrogens is 3. The van der Waals surface area contributed by atoms with E-state index in [1.807, 2.05) is 9.80 Å². The van der Waals surface area contributed by atoms with E-state index in [2.05, 4.69) is 10.3 Å². The van der Waals surface area contributed by atoms with E-state index in [4.69, 9.17) is 20.9 Å². The van der Waals surface area contributed by atoms with E-state index in [-0.39, 0.29) is 17.7 Å². The molecule has 31 heavy (non-hydrogen) atoms. The highest BCUT2D eigenvalue weighted by molar-refractivity contribution is 6.30. The average molecular weight is 450 g/mol. The molecule has 0 aromatic carbocycles. The van der Waals surface area contributed by atoms with Gasteiger partial charge in [-0.05, 0) is 25.7 Å². The van der Waals surface area contributed by atoms with Gasteiger partial charge in [0.1, 0.15) is 5.76 Å². The first kappa shape index (κ1) is 21.8. The summed E-state index contributed by atoms with van der Waals surface area (Å²) >= 11 is 5.94. The van der Waals surface area contributed by atoms with Gasteiger partial charge in [-0.1, -0.05) is 16.8 Å². The SMILES string of the molecule is COCC1CC(=O)N(CC2CCN(C(=O)c3noc(C)c3Cn3cc(Cl)cn3)CC2)C1. The number of likely N-dealkylation sites (tertiary alicyclic amines) is 2. The number of rotatable bonds is 7. The molecule has 168 valence electrons. The topological polar surface area (TPSA) is 93.7 Å². The molecule has 2 amide bonds. The molecule has 0 saturated carbocycles. The van der Waals surface area contributed by atoms with E-state index in [1.165, 1.54) is 0 Å². The summed E-state index contributed by atoms with van der Waals surface area (Å²) in [5.41, 5.74) is 1.05. The van der Waals surface area contributed by atoms with Crippen LogP contribution in [0.1, 0.15) is 41.1 Å². The molecule has 0 aliphatic carbocycles. The Morgan fingerprint density at radius 1 is 1.32 bits per heavy atom. The number of hydrogen-bond acceptors (Lipinski definition) is 6. The molecule has 10 heteroatoms. The van der Waals surface area contributed by atoms with Gasteiger partial charge in [0.2, 0.25) is 5.91 Å². The number of halogens is 1. The molecule has 2 aliphatic heterocycles. The maximum absolute atomic E-state index is 13.1. The Hall–Kier alpha value is -2.39. The Morgan fingerprint density at radius 2 is 2.10 bits per heavy atom. The number of carbonyl (C=O) groups excluding carboxylic acids is 2. The second-order valence-corrected chi connectivity index (χ2v) is 8.92. The smallest absolute Gasteiger partial charge is 0.276 e. The number of methoxy groups -OCH3 is 1. The van der Waals surface area contributed by atoms with Gasteiger partial charge in [0.05, 0.1) is 24.4 Å². The van der Waals surface area contributed by atoms with E-state index in [9.17, 15) is 9.59 Å². The van der Waals surface area contributed by atoms with Crippen LogP contribution in [-0.2, 0) is 16.1 Å². The first-order valence-electron chi connectivity index (χ1n) is 10.6. The first-order valence-corrected chi connectivity index (χ1v) is 11.0. The predicted molar refractivity (Wildman–Crippen MR) is 113 cm³/mol. The summed E-state index contributed by atoms with van der Waals surface area (Å²) < 4.78 is 12.2. The van der Waals surface area contributed by atoms with Crippen LogP contribution < -0.4 is 0 Å². The number of piperidine rings is 1. The zero-order chi connectivity index (χ0) is 22.0. The van der Waals surface area contributed by atoms with Gasteiger partial charge in [-0.25, -0.2) is 0 Å². The molecular weight excluding hydrogens is 422 g/mol. The van der Waals surface area contributed by atoms with Crippen LogP contribution in [-0.4, -0.2) is 76.4 Å². The molecule has 2 aromatic rings. The number of carbonyl (C=O) groups is 2. The fraction of sp³-hybridized carbons (Fsp3) is 0.619. The summed E-state index contributed by atoms with van der Waals surface area (Å²) in [5.74, 6) is 1.38. The fourth-order valence-corrected chi connectivity index (χ4v) is 4.65. The fourth-order valence-electron chi connectivity index (χ4n) is 4.49. The van der Waals surface area contributed by atoms with Crippen LogP contribution in [0.3, 0.4) is 0 Å². The summed E-state index contributed by atoms with van der Waals surface area (Å²) in [6.45, 7) is 5.61. The second-order valence-electron chi connectivity index (χ2n) is 8.48. The lowest BCUT2D eigenvalue weighted by Gasteiger charge is -2.33. The number of hydrogen-bond donors (Lipinski definition) is 0. The molecule has 4 rings (SSSR count). The number of amides is 2. The second kappa shape index (κ2) is 9.40. The lowest BCUT2D eigenvalue weighted by molar-refractivity contribution is -0.128. The lowest BCUT2D eigenvalue weighted by atomic mass is 9.95. The minimum Gasteiger partial charge on any atom is -0.384 e. The highest BCUT2D eigenvalue weighted by Crippen LogP contribution is 2.25. The van der Waals surface area contributed by atoms with Crippen molar-refractivity contribution in [3.05, 3.63) is 34.4 Å². The third kappa shape index (κ3) is 4.93. The number of aryl methyl sites for hydroxylation is 1. The summed E-state index contributed by atoms with van der Waals surface area (Å²) in [7, 11) is 1.67. The van der Waals surface area contributed by atoms with Gasteiger partial charge in [-0.2, -0.15) is 5.10 Å². The van der Waals surface area contributed by atoms with Crippen LogP contribution in [0.5, 0.6) is 0 Å². The zero-order valence-electron chi connectivity index (χ0n) is 17.9. The molecule has 2 fully saturated rings. The van der Waals surface area contributed by atoms with Crippen LogP contribution in [0.2, 0.25) is 5.02 Å². The van der Waals surface area contributed by atoms with Crippen molar-refractivity contribution in [2.24, 2.45) is 11.8 Å². The van der Waals surface area contributed by atoms with Gasteiger partial charge in [-0.15, -0.1) is 0 Å².